The summed E-state index contributed by atoms with van der Waals surface area (Å²) in [6.45, 7) is 1.31. The summed E-state index contributed by atoms with van der Waals surface area (Å²) in [6, 6.07) is 3.89. The summed E-state index contributed by atoms with van der Waals surface area (Å²) in [5, 5.41) is 10.2. The maximum Gasteiger partial charge on any atom is 0.223 e. The molecule has 18 heavy (non-hydrogen) atoms. The van der Waals surface area contributed by atoms with Crippen LogP contribution in [0.1, 0.15) is 12.0 Å². The van der Waals surface area contributed by atoms with E-state index in [9.17, 15) is 4.79 Å². The van der Waals surface area contributed by atoms with E-state index in [0.29, 0.717) is 19.5 Å². The maximum absolute atomic E-state index is 11.8. The highest BCUT2D eigenvalue weighted by Crippen LogP contribution is 2.23. The molecular formula is C13H15N3O2. The molecule has 0 radical (unpaired) electrons. The van der Waals surface area contributed by atoms with Crippen LogP contribution in [0.5, 0.6) is 0 Å². The molecule has 2 aromatic heterocycles. The summed E-state index contributed by atoms with van der Waals surface area (Å²) < 4.78 is 0. The number of aliphatic hydroxyl groups is 1. The number of aromatic amines is 1. The topological polar surface area (TPSA) is 69.2 Å². The van der Waals surface area contributed by atoms with Crippen molar-refractivity contribution in [2.24, 2.45) is 5.92 Å². The Bertz CT molecular complexity index is 578. The Labute approximate surface area is 104 Å². The van der Waals surface area contributed by atoms with Gasteiger partial charge in [0.2, 0.25) is 5.91 Å². The third-order valence-corrected chi connectivity index (χ3v) is 3.45. The van der Waals surface area contributed by atoms with Gasteiger partial charge < -0.3 is 15.0 Å². The molecule has 1 atom stereocenters. The molecule has 94 valence electrons. The molecule has 3 heterocycles. The monoisotopic (exact) mass is 245 g/mol. The van der Waals surface area contributed by atoms with E-state index in [4.69, 9.17) is 5.11 Å². The summed E-state index contributed by atoms with van der Waals surface area (Å²) in [5.74, 6) is 0.202. The van der Waals surface area contributed by atoms with E-state index in [2.05, 4.69) is 9.97 Å². The number of carbonyl (C=O) groups excluding carboxylic acids is 1. The highest BCUT2D eigenvalue weighted by atomic mass is 16.3. The molecule has 3 rings (SSSR count). The number of nitrogens with one attached hydrogen (secondary N) is 1. The van der Waals surface area contributed by atoms with Crippen LogP contribution < -0.4 is 0 Å². The van der Waals surface area contributed by atoms with Gasteiger partial charge in [-0.05, 0) is 17.7 Å². The Morgan fingerprint density at radius 1 is 1.56 bits per heavy atom. The Kier molecular flexibility index (Phi) is 2.76. The number of hydrogen-bond donors (Lipinski definition) is 2. The van der Waals surface area contributed by atoms with Crippen molar-refractivity contribution in [2.45, 2.75) is 13.0 Å². The second-order valence-electron chi connectivity index (χ2n) is 4.74. The minimum absolute atomic E-state index is 0.0810. The largest absolute Gasteiger partial charge is 0.396 e. The van der Waals surface area contributed by atoms with Gasteiger partial charge in [0.25, 0.3) is 0 Å². The number of carbonyl (C=O) groups is 1. The number of aromatic nitrogens is 2. The normalized spacial score (nSPS) is 19.9. The van der Waals surface area contributed by atoms with E-state index in [0.717, 1.165) is 16.6 Å². The lowest BCUT2D eigenvalue weighted by Crippen LogP contribution is -2.24. The fourth-order valence-corrected chi connectivity index (χ4v) is 2.48. The molecule has 1 aliphatic rings. The number of aliphatic hydroxyl groups excluding tert-OH is 1. The zero-order valence-electron chi connectivity index (χ0n) is 9.97. The van der Waals surface area contributed by atoms with Crippen LogP contribution in [-0.4, -0.2) is 39.0 Å². The predicted octanol–water partition coefficient (Wildman–Crippen LogP) is 0.904. The number of amides is 1. The van der Waals surface area contributed by atoms with E-state index in [1.165, 1.54) is 0 Å². The number of rotatable bonds is 3. The zero-order valence-corrected chi connectivity index (χ0v) is 9.97. The molecule has 1 saturated heterocycles. The molecule has 0 aliphatic carbocycles. The third kappa shape index (κ3) is 1.86. The van der Waals surface area contributed by atoms with Gasteiger partial charge in [0, 0.05) is 49.8 Å². The lowest BCUT2D eigenvalue weighted by molar-refractivity contribution is -0.128. The van der Waals surface area contributed by atoms with E-state index in [1.54, 1.807) is 11.1 Å². The number of nitrogens with zero attached hydrogens (tertiary/aromatic N) is 2. The average Bonchev–Trinajstić information content (AvgIpc) is 2.95. The number of likely N-dealkylation sites (tertiary alicyclic amines) is 1. The summed E-state index contributed by atoms with van der Waals surface area (Å²) in [6.07, 6.45) is 4.10. The quantitative estimate of drug-likeness (QED) is 0.844. The Morgan fingerprint density at radius 3 is 3.22 bits per heavy atom. The molecule has 0 saturated carbocycles. The molecule has 0 aromatic carbocycles. The number of pyridine rings is 1. The van der Waals surface area contributed by atoms with Crippen molar-refractivity contribution < 1.29 is 9.90 Å². The summed E-state index contributed by atoms with van der Waals surface area (Å²) in [5.41, 5.74) is 1.92. The molecular weight excluding hydrogens is 230 g/mol. The predicted molar refractivity (Wildman–Crippen MR) is 66.7 cm³/mol. The van der Waals surface area contributed by atoms with Gasteiger partial charge in [-0.15, -0.1) is 0 Å². The Balaban J connectivity index is 1.83. The lowest BCUT2D eigenvalue weighted by atomic mass is 10.1. The molecule has 5 nitrogen and oxygen atoms in total. The number of hydrogen-bond acceptors (Lipinski definition) is 3. The van der Waals surface area contributed by atoms with E-state index >= 15 is 0 Å². The average molecular weight is 245 g/mol. The molecule has 5 heteroatoms. The van der Waals surface area contributed by atoms with Crippen LogP contribution >= 0.6 is 0 Å². The first-order valence-corrected chi connectivity index (χ1v) is 6.07. The van der Waals surface area contributed by atoms with Crippen LogP contribution in [0.25, 0.3) is 11.0 Å². The van der Waals surface area contributed by atoms with Crippen molar-refractivity contribution in [1.29, 1.82) is 0 Å². The Morgan fingerprint density at radius 2 is 2.44 bits per heavy atom. The van der Waals surface area contributed by atoms with Gasteiger partial charge in [-0.25, -0.2) is 4.98 Å². The van der Waals surface area contributed by atoms with Gasteiger partial charge >= 0.3 is 0 Å². The minimum atomic E-state index is 0.0810. The zero-order chi connectivity index (χ0) is 12.5. The molecule has 0 spiro atoms. The Hall–Kier alpha value is -1.88. The maximum atomic E-state index is 11.8. The fraction of sp³-hybridized carbons (Fsp3) is 0.385. The van der Waals surface area contributed by atoms with Crippen LogP contribution in [0.4, 0.5) is 0 Å². The van der Waals surface area contributed by atoms with Gasteiger partial charge in [-0.3, -0.25) is 4.79 Å². The molecule has 2 N–H and O–H groups in total. The van der Waals surface area contributed by atoms with Crippen molar-refractivity contribution in [3.63, 3.8) is 0 Å². The first-order chi connectivity index (χ1) is 8.78. The first kappa shape index (κ1) is 11.2. The number of H-pyrrole nitrogens is 1. The van der Waals surface area contributed by atoms with Crippen molar-refractivity contribution in [1.82, 2.24) is 14.9 Å². The van der Waals surface area contributed by atoms with Gasteiger partial charge in [0.15, 0.2) is 0 Å². The van der Waals surface area contributed by atoms with Crippen LogP contribution in [0, 0.1) is 5.92 Å². The highest BCUT2D eigenvalue weighted by molar-refractivity contribution is 5.82. The smallest absolute Gasteiger partial charge is 0.223 e. The molecule has 2 aromatic rings. The first-order valence-electron chi connectivity index (χ1n) is 6.07. The van der Waals surface area contributed by atoms with Crippen molar-refractivity contribution >= 4 is 16.9 Å². The van der Waals surface area contributed by atoms with Crippen LogP contribution in [0.2, 0.25) is 0 Å². The number of fused-ring (bicyclic) bond motifs is 1. The highest BCUT2D eigenvalue weighted by Gasteiger charge is 2.29. The molecule has 1 amide bonds. The summed E-state index contributed by atoms with van der Waals surface area (Å²) in [4.78, 5) is 20.9. The fourth-order valence-electron chi connectivity index (χ4n) is 2.48. The third-order valence-electron chi connectivity index (χ3n) is 3.45. The van der Waals surface area contributed by atoms with Gasteiger partial charge in [0.1, 0.15) is 5.65 Å². The van der Waals surface area contributed by atoms with Gasteiger partial charge in [-0.2, -0.15) is 0 Å². The van der Waals surface area contributed by atoms with E-state index in [1.807, 2.05) is 18.3 Å². The van der Waals surface area contributed by atoms with Crippen LogP contribution in [0.3, 0.4) is 0 Å². The summed E-state index contributed by atoms with van der Waals surface area (Å²) >= 11 is 0. The van der Waals surface area contributed by atoms with E-state index in [-0.39, 0.29) is 18.4 Å². The standard InChI is InChI=1S/C13H15N3O2/c17-8-9-4-12(18)16(6-9)7-10-5-15-13-11(10)2-1-3-14-13/h1-3,5,9,17H,4,6-8H2,(H,14,15). The molecule has 1 unspecified atom stereocenters. The van der Waals surface area contributed by atoms with Crippen molar-refractivity contribution in [2.75, 3.05) is 13.2 Å². The second kappa shape index (κ2) is 4.42. The SMILES string of the molecule is O=C1CC(CO)CN1Cc1c[nH]c2ncccc12. The van der Waals surface area contributed by atoms with Crippen molar-refractivity contribution in [3.8, 4) is 0 Å². The van der Waals surface area contributed by atoms with E-state index < -0.39 is 0 Å². The van der Waals surface area contributed by atoms with Gasteiger partial charge in [0.05, 0.1) is 0 Å². The lowest BCUT2D eigenvalue weighted by Gasteiger charge is -2.15. The molecule has 0 bridgehead atoms. The molecule has 1 fully saturated rings. The van der Waals surface area contributed by atoms with Crippen LogP contribution in [0.15, 0.2) is 24.5 Å². The summed E-state index contributed by atoms with van der Waals surface area (Å²) in [7, 11) is 0. The minimum Gasteiger partial charge on any atom is -0.396 e. The molecule has 1 aliphatic heterocycles. The van der Waals surface area contributed by atoms with Gasteiger partial charge in [-0.1, -0.05) is 0 Å². The van der Waals surface area contributed by atoms with Crippen molar-refractivity contribution in [3.05, 3.63) is 30.1 Å². The second-order valence-corrected chi connectivity index (χ2v) is 4.74. The van der Waals surface area contributed by atoms with Crippen LogP contribution in [-0.2, 0) is 11.3 Å².